The van der Waals surface area contributed by atoms with Gasteiger partial charge in [0, 0.05) is 22.7 Å². The van der Waals surface area contributed by atoms with Crippen LogP contribution in [-0.2, 0) is 0 Å². The topological polar surface area (TPSA) is 12.0 Å². The van der Waals surface area contributed by atoms with E-state index in [1.807, 2.05) is 23.1 Å². The first kappa shape index (κ1) is 13.6. The zero-order chi connectivity index (χ0) is 11.3. The van der Waals surface area contributed by atoms with Gasteiger partial charge in [-0.3, -0.25) is 0 Å². The fourth-order valence-corrected chi connectivity index (χ4v) is 3.53. The van der Waals surface area contributed by atoms with Gasteiger partial charge in [0.05, 0.1) is 3.79 Å². The fraction of sp³-hybridized carbons (Fsp3) is 0.636. The minimum absolute atomic E-state index is 0.453. The van der Waals surface area contributed by atoms with Crippen molar-refractivity contribution >= 4 is 39.0 Å². The van der Waals surface area contributed by atoms with E-state index in [9.17, 15) is 0 Å². The van der Waals surface area contributed by atoms with E-state index in [1.165, 1.54) is 20.2 Å². The summed E-state index contributed by atoms with van der Waals surface area (Å²) >= 11 is 7.29. The van der Waals surface area contributed by atoms with Gasteiger partial charge < -0.3 is 5.32 Å². The summed E-state index contributed by atoms with van der Waals surface area (Å²) in [5.74, 6) is 2.39. The van der Waals surface area contributed by atoms with Crippen molar-refractivity contribution in [2.24, 2.45) is 0 Å². The Labute approximate surface area is 109 Å². The molecule has 0 radical (unpaired) electrons. The number of hydrogen-bond donors (Lipinski definition) is 1. The molecule has 1 N–H and O–H groups in total. The quantitative estimate of drug-likeness (QED) is 0.841. The second kappa shape index (κ2) is 6.94. The first-order valence-corrected chi connectivity index (χ1v) is 7.99. The molecule has 1 nitrogen and oxygen atoms in total. The molecular weight excluding hydrogens is 290 g/mol. The van der Waals surface area contributed by atoms with Crippen LogP contribution >= 0.6 is 39.0 Å². The second-order valence-electron chi connectivity index (χ2n) is 3.59. The Bertz CT molecular complexity index is 288. The lowest BCUT2D eigenvalue weighted by molar-refractivity contribution is 0.517. The van der Waals surface area contributed by atoms with Gasteiger partial charge in [0.25, 0.3) is 0 Å². The molecule has 1 aromatic rings. The molecule has 1 heterocycles. The van der Waals surface area contributed by atoms with Gasteiger partial charge >= 0.3 is 0 Å². The lowest BCUT2D eigenvalue weighted by Gasteiger charge is -2.18. The van der Waals surface area contributed by atoms with Crippen molar-refractivity contribution in [3.63, 3.8) is 0 Å². The van der Waals surface area contributed by atoms with Crippen molar-refractivity contribution in [2.75, 3.05) is 11.5 Å². The van der Waals surface area contributed by atoms with Gasteiger partial charge in [-0.15, -0.1) is 11.3 Å². The monoisotopic (exact) mass is 307 g/mol. The van der Waals surface area contributed by atoms with Crippen molar-refractivity contribution in [1.82, 2.24) is 5.32 Å². The van der Waals surface area contributed by atoms with Crippen LogP contribution in [0.4, 0.5) is 0 Å². The predicted molar refractivity (Wildman–Crippen MR) is 76.0 cm³/mol. The van der Waals surface area contributed by atoms with Gasteiger partial charge in [0.1, 0.15) is 0 Å². The standard InChI is InChI=1S/C11H18BrNS2/c1-4-14-7-8(2)13-9(3)10-5-6-11(12)15-10/h5-6,8-9,13H,4,7H2,1-3H3. The van der Waals surface area contributed by atoms with Crippen molar-refractivity contribution in [1.29, 1.82) is 0 Å². The lowest BCUT2D eigenvalue weighted by atomic mass is 10.2. The normalized spacial score (nSPS) is 15.2. The summed E-state index contributed by atoms with van der Waals surface area (Å²) in [4.78, 5) is 1.40. The van der Waals surface area contributed by atoms with Gasteiger partial charge in [-0.2, -0.15) is 11.8 Å². The van der Waals surface area contributed by atoms with Crippen LogP contribution in [0.15, 0.2) is 15.9 Å². The number of rotatable bonds is 6. The first-order valence-electron chi connectivity index (χ1n) is 5.22. The van der Waals surface area contributed by atoms with E-state index in [1.54, 1.807) is 0 Å². The van der Waals surface area contributed by atoms with Gasteiger partial charge in [-0.1, -0.05) is 6.92 Å². The summed E-state index contributed by atoms with van der Waals surface area (Å²) in [5.41, 5.74) is 0. The number of hydrogen-bond acceptors (Lipinski definition) is 3. The molecule has 0 aliphatic heterocycles. The van der Waals surface area contributed by atoms with Gasteiger partial charge in [-0.25, -0.2) is 0 Å². The molecule has 0 aliphatic carbocycles. The molecule has 0 saturated carbocycles. The van der Waals surface area contributed by atoms with E-state index >= 15 is 0 Å². The van der Waals surface area contributed by atoms with Crippen LogP contribution < -0.4 is 5.32 Å². The van der Waals surface area contributed by atoms with E-state index < -0.39 is 0 Å². The number of thioether (sulfide) groups is 1. The number of halogens is 1. The molecule has 2 atom stereocenters. The molecule has 86 valence electrons. The SMILES string of the molecule is CCSCC(C)NC(C)c1ccc(Br)s1. The highest BCUT2D eigenvalue weighted by Gasteiger charge is 2.10. The van der Waals surface area contributed by atoms with Gasteiger partial charge in [-0.05, 0) is 47.7 Å². The summed E-state index contributed by atoms with van der Waals surface area (Å²) in [6.45, 7) is 6.68. The maximum absolute atomic E-state index is 3.61. The molecule has 15 heavy (non-hydrogen) atoms. The predicted octanol–water partition coefficient (Wildman–Crippen LogP) is 4.30. The van der Waals surface area contributed by atoms with E-state index in [4.69, 9.17) is 0 Å². The van der Waals surface area contributed by atoms with Crippen LogP contribution in [0.3, 0.4) is 0 Å². The average Bonchev–Trinajstić information content (AvgIpc) is 2.61. The Kier molecular flexibility index (Phi) is 6.27. The van der Waals surface area contributed by atoms with E-state index in [0.29, 0.717) is 12.1 Å². The molecule has 0 aromatic carbocycles. The van der Waals surface area contributed by atoms with Crippen LogP contribution in [-0.4, -0.2) is 17.5 Å². The largest absolute Gasteiger partial charge is 0.306 e. The third-order valence-corrected chi connectivity index (χ3v) is 5.08. The number of thiophene rings is 1. The Morgan fingerprint density at radius 2 is 2.20 bits per heavy atom. The van der Waals surface area contributed by atoms with E-state index in [2.05, 4.69) is 54.2 Å². The molecule has 1 rings (SSSR count). The van der Waals surface area contributed by atoms with Crippen molar-refractivity contribution in [3.8, 4) is 0 Å². The number of nitrogens with one attached hydrogen (secondary N) is 1. The first-order chi connectivity index (χ1) is 7.13. The third-order valence-electron chi connectivity index (χ3n) is 2.13. The summed E-state index contributed by atoms with van der Waals surface area (Å²) in [6.07, 6.45) is 0. The van der Waals surface area contributed by atoms with Crippen LogP contribution in [0.25, 0.3) is 0 Å². The summed E-state index contributed by atoms with van der Waals surface area (Å²) in [5, 5.41) is 3.61. The highest BCUT2D eigenvalue weighted by Crippen LogP contribution is 2.27. The minimum Gasteiger partial charge on any atom is -0.306 e. The molecule has 2 unspecified atom stereocenters. The molecule has 0 fully saturated rings. The Morgan fingerprint density at radius 1 is 1.47 bits per heavy atom. The zero-order valence-corrected chi connectivity index (χ0v) is 12.6. The van der Waals surface area contributed by atoms with Crippen molar-refractivity contribution < 1.29 is 0 Å². The van der Waals surface area contributed by atoms with Crippen molar-refractivity contribution in [2.45, 2.75) is 32.9 Å². The molecule has 0 bridgehead atoms. The maximum Gasteiger partial charge on any atom is 0.0701 e. The van der Waals surface area contributed by atoms with E-state index in [0.717, 1.165) is 0 Å². The van der Waals surface area contributed by atoms with Gasteiger partial charge in [0.15, 0.2) is 0 Å². The molecule has 4 heteroatoms. The molecule has 0 saturated heterocycles. The van der Waals surface area contributed by atoms with Gasteiger partial charge in [0.2, 0.25) is 0 Å². The smallest absolute Gasteiger partial charge is 0.0701 e. The van der Waals surface area contributed by atoms with E-state index in [-0.39, 0.29) is 0 Å². The second-order valence-corrected chi connectivity index (χ2v) is 7.40. The Balaban J connectivity index is 2.38. The molecule has 0 aliphatic rings. The molecule has 0 amide bonds. The summed E-state index contributed by atoms with van der Waals surface area (Å²) in [6, 6.07) is 5.33. The van der Waals surface area contributed by atoms with Crippen LogP contribution in [0.1, 0.15) is 31.7 Å². The van der Waals surface area contributed by atoms with Crippen LogP contribution in [0.5, 0.6) is 0 Å². The Morgan fingerprint density at radius 3 is 2.73 bits per heavy atom. The molecule has 0 spiro atoms. The fourth-order valence-electron chi connectivity index (χ4n) is 1.41. The highest BCUT2D eigenvalue weighted by molar-refractivity contribution is 9.11. The zero-order valence-electron chi connectivity index (χ0n) is 9.42. The minimum atomic E-state index is 0.453. The highest BCUT2D eigenvalue weighted by atomic mass is 79.9. The summed E-state index contributed by atoms with van der Waals surface area (Å²) in [7, 11) is 0. The Hall–Kier alpha value is 0.490. The third kappa shape index (κ3) is 4.89. The van der Waals surface area contributed by atoms with Crippen LogP contribution in [0.2, 0.25) is 0 Å². The molecule has 1 aromatic heterocycles. The maximum atomic E-state index is 3.61. The van der Waals surface area contributed by atoms with Crippen LogP contribution in [0, 0.1) is 0 Å². The molecular formula is C11H18BrNS2. The average molecular weight is 308 g/mol. The summed E-state index contributed by atoms with van der Waals surface area (Å²) < 4.78 is 1.21. The van der Waals surface area contributed by atoms with Crippen molar-refractivity contribution in [3.05, 3.63) is 20.8 Å². The lowest BCUT2D eigenvalue weighted by Crippen LogP contribution is -2.30.